The Morgan fingerprint density at radius 3 is 1.08 bits per heavy atom. The van der Waals surface area contributed by atoms with Crippen LogP contribution < -0.4 is 0 Å². The molecule has 0 aromatic heterocycles. The Balaban J connectivity index is 0.000000205. The monoisotopic (exact) mass is 917 g/mol. The molecule has 3 aliphatic heterocycles. The molecule has 3 aliphatic rings. The fourth-order valence-electron chi connectivity index (χ4n) is 8.30. The molecule has 0 bridgehead atoms. The van der Waals surface area contributed by atoms with E-state index in [1.54, 1.807) is 0 Å². The van der Waals surface area contributed by atoms with Gasteiger partial charge in [-0.1, -0.05) is 68.8 Å². The second kappa shape index (κ2) is 20.8. The molecule has 0 saturated carbocycles. The lowest BCUT2D eigenvalue weighted by molar-refractivity contribution is -0.141. The molecule has 18 heteroatoms. The molecule has 6 nitrogen and oxygen atoms in total. The van der Waals surface area contributed by atoms with Gasteiger partial charge in [0, 0.05) is 56.0 Å². The standard InChI is InChI=1S/C15H19ClF3NO.C15H19F4NO.C14H17F4NO/c2*1-2-8-20-9-6-14(21,7-10-20)11-4-3-5-12(13(11)16)15(17,18)19;1-2-19-8-6-13(20,7-9-19)10-4-3-5-11(12(10)15)14(16,17)18/h2*3-5,21H,2,6-10H2,1H3;3-5,20H,2,6-9H2,1H3. The highest BCUT2D eigenvalue weighted by Crippen LogP contribution is 2.44. The molecule has 0 aliphatic carbocycles. The summed E-state index contributed by atoms with van der Waals surface area (Å²) in [6.07, 6.45) is -10.3. The van der Waals surface area contributed by atoms with Crippen LogP contribution in [0.3, 0.4) is 0 Å². The highest BCUT2D eigenvalue weighted by Gasteiger charge is 2.43. The predicted octanol–water partition coefficient (Wildman–Crippen LogP) is 10.7. The second-order valence-electron chi connectivity index (χ2n) is 16.2. The maximum absolute atomic E-state index is 14.1. The van der Waals surface area contributed by atoms with Gasteiger partial charge in [-0.05, 0) is 89.2 Å². The summed E-state index contributed by atoms with van der Waals surface area (Å²) in [4.78, 5) is 6.40. The summed E-state index contributed by atoms with van der Waals surface area (Å²) in [5.74, 6) is -2.70. The second-order valence-corrected chi connectivity index (χ2v) is 16.6. The highest BCUT2D eigenvalue weighted by molar-refractivity contribution is 6.32. The SMILES string of the molecule is CCCN1CCC(O)(c2cccc(C(F)(F)F)c2Cl)CC1.CCCN1CCC(O)(c2cccc(C(F)(F)F)c2F)CC1.CCN1CCC(O)(c2cccc(C(F)(F)F)c2F)CC1. The van der Waals surface area contributed by atoms with Crippen LogP contribution in [0.5, 0.6) is 0 Å². The number of likely N-dealkylation sites (tertiary alicyclic amines) is 3. The number of piperidine rings is 3. The van der Waals surface area contributed by atoms with Gasteiger partial charge in [0.15, 0.2) is 0 Å². The van der Waals surface area contributed by atoms with Crippen molar-refractivity contribution in [3.63, 3.8) is 0 Å². The van der Waals surface area contributed by atoms with Crippen LogP contribution in [0.15, 0.2) is 54.6 Å². The van der Waals surface area contributed by atoms with Gasteiger partial charge in [-0.25, -0.2) is 8.78 Å². The zero-order chi connectivity index (χ0) is 46.3. The molecule has 6 rings (SSSR count). The van der Waals surface area contributed by atoms with E-state index in [0.717, 1.165) is 50.7 Å². The molecule has 0 spiro atoms. The molecule has 348 valence electrons. The first-order valence-corrected chi connectivity index (χ1v) is 21.1. The first-order valence-electron chi connectivity index (χ1n) is 20.8. The summed E-state index contributed by atoms with van der Waals surface area (Å²) < 4.78 is 143. The normalized spacial score (nSPS) is 19.8. The zero-order valence-corrected chi connectivity index (χ0v) is 35.7. The summed E-state index contributed by atoms with van der Waals surface area (Å²) in [5.41, 5.74) is -8.13. The Labute approximate surface area is 360 Å². The molecule has 3 saturated heterocycles. The zero-order valence-electron chi connectivity index (χ0n) is 34.9. The lowest BCUT2D eigenvalue weighted by Gasteiger charge is -2.39. The van der Waals surface area contributed by atoms with E-state index in [9.17, 15) is 63.6 Å². The topological polar surface area (TPSA) is 70.4 Å². The van der Waals surface area contributed by atoms with Crippen molar-refractivity contribution < 1.29 is 63.6 Å². The number of aliphatic hydroxyl groups is 3. The average Bonchev–Trinajstić information content (AvgIpc) is 3.19. The first kappa shape index (κ1) is 51.6. The van der Waals surface area contributed by atoms with E-state index < -0.39 is 63.7 Å². The van der Waals surface area contributed by atoms with Crippen molar-refractivity contribution in [1.29, 1.82) is 0 Å². The molecule has 0 amide bonds. The molecule has 0 radical (unpaired) electrons. The predicted molar refractivity (Wildman–Crippen MR) is 214 cm³/mol. The van der Waals surface area contributed by atoms with Crippen LogP contribution in [0.1, 0.15) is 106 Å². The minimum atomic E-state index is -4.75. The Morgan fingerprint density at radius 1 is 0.484 bits per heavy atom. The molecule has 0 atom stereocenters. The van der Waals surface area contributed by atoms with Crippen LogP contribution in [0, 0.1) is 11.6 Å². The van der Waals surface area contributed by atoms with E-state index in [4.69, 9.17) is 11.6 Å². The summed E-state index contributed by atoms with van der Waals surface area (Å²) in [6.45, 7) is 12.2. The van der Waals surface area contributed by atoms with Crippen LogP contribution in [0.2, 0.25) is 5.02 Å². The first-order chi connectivity index (χ1) is 28.8. The molecule has 3 fully saturated rings. The Hall–Kier alpha value is -3.06. The van der Waals surface area contributed by atoms with Crippen molar-refractivity contribution in [2.75, 3.05) is 58.9 Å². The maximum atomic E-state index is 14.1. The van der Waals surface area contributed by atoms with Gasteiger partial charge >= 0.3 is 18.5 Å². The number of benzene rings is 3. The van der Waals surface area contributed by atoms with Crippen molar-refractivity contribution >= 4 is 11.6 Å². The van der Waals surface area contributed by atoms with Crippen molar-refractivity contribution in [1.82, 2.24) is 14.7 Å². The fourth-order valence-corrected chi connectivity index (χ4v) is 8.71. The van der Waals surface area contributed by atoms with Crippen LogP contribution in [-0.4, -0.2) is 88.9 Å². The van der Waals surface area contributed by atoms with Gasteiger partial charge in [0.05, 0.1) is 38.5 Å². The molecule has 3 aromatic carbocycles. The number of halogens is 12. The van der Waals surface area contributed by atoms with Crippen LogP contribution in [0.25, 0.3) is 0 Å². The van der Waals surface area contributed by atoms with E-state index in [2.05, 4.69) is 21.6 Å². The molecular formula is C44H55ClF11N3O3. The largest absolute Gasteiger partial charge is 0.419 e. The van der Waals surface area contributed by atoms with E-state index in [1.807, 2.05) is 13.8 Å². The van der Waals surface area contributed by atoms with E-state index in [-0.39, 0.29) is 47.4 Å². The Bertz CT molecular complexity index is 1810. The van der Waals surface area contributed by atoms with Crippen molar-refractivity contribution in [2.24, 2.45) is 0 Å². The molecule has 3 aromatic rings. The quantitative estimate of drug-likeness (QED) is 0.196. The lowest BCUT2D eigenvalue weighted by Crippen LogP contribution is -2.43. The molecule has 3 heterocycles. The summed E-state index contributed by atoms with van der Waals surface area (Å²) in [7, 11) is 0. The molecule has 3 N–H and O–H groups in total. The van der Waals surface area contributed by atoms with Gasteiger partial charge in [-0.3, -0.25) is 0 Å². The van der Waals surface area contributed by atoms with Gasteiger partial charge in [0.2, 0.25) is 0 Å². The summed E-state index contributed by atoms with van der Waals surface area (Å²) >= 11 is 5.92. The molecular weight excluding hydrogens is 863 g/mol. The van der Waals surface area contributed by atoms with Crippen LogP contribution >= 0.6 is 11.6 Å². The number of nitrogens with zero attached hydrogens (tertiary/aromatic N) is 3. The third kappa shape index (κ3) is 12.6. The number of hydrogen-bond acceptors (Lipinski definition) is 6. The van der Waals surface area contributed by atoms with Gasteiger partial charge in [0.1, 0.15) is 11.6 Å². The number of alkyl halides is 9. The minimum Gasteiger partial charge on any atom is -0.385 e. The molecule has 0 unspecified atom stereocenters. The van der Waals surface area contributed by atoms with Gasteiger partial charge < -0.3 is 30.0 Å². The summed E-state index contributed by atoms with van der Waals surface area (Å²) in [6, 6.07) is 9.93. The smallest absolute Gasteiger partial charge is 0.385 e. The van der Waals surface area contributed by atoms with Crippen molar-refractivity contribution in [2.45, 2.75) is 107 Å². The highest BCUT2D eigenvalue weighted by atomic mass is 35.5. The Morgan fingerprint density at radius 2 is 0.774 bits per heavy atom. The fraction of sp³-hybridized carbons (Fsp3) is 0.591. The minimum absolute atomic E-state index is 0.190. The van der Waals surface area contributed by atoms with Gasteiger partial charge in [0.25, 0.3) is 0 Å². The van der Waals surface area contributed by atoms with Crippen molar-refractivity contribution in [3.05, 3.63) is 105 Å². The van der Waals surface area contributed by atoms with E-state index in [0.29, 0.717) is 64.2 Å². The number of hydrogen-bond donors (Lipinski definition) is 3. The van der Waals surface area contributed by atoms with Crippen LogP contribution in [-0.2, 0) is 35.3 Å². The number of rotatable bonds is 8. The van der Waals surface area contributed by atoms with Crippen LogP contribution in [0.4, 0.5) is 48.3 Å². The molecule has 62 heavy (non-hydrogen) atoms. The van der Waals surface area contributed by atoms with Gasteiger partial charge in [-0.2, -0.15) is 39.5 Å². The maximum Gasteiger partial charge on any atom is 0.419 e. The summed E-state index contributed by atoms with van der Waals surface area (Å²) in [5, 5.41) is 31.4. The Kier molecular flexibility index (Phi) is 17.3. The van der Waals surface area contributed by atoms with Crippen molar-refractivity contribution in [3.8, 4) is 0 Å². The lowest BCUT2D eigenvalue weighted by atomic mass is 9.83. The van der Waals surface area contributed by atoms with E-state index in [1.165, 1.54) is 24.3 Å². The average molecular weight is 918 g/mol. The van der Waals surface area contributed by atoms with Gasteiger partial charge in [-0.15, -0.1) is 0 Å². The third-order valence-corrected chi connectivity index (χ3v) is 12.4. The third-order valence-electron chi connectivity index (χ3n) is 12.0. The van der Waals surface area contributed by atoms with E-state index >= 15 is 0 Å².